The van der Waals surface area contributed by atoms with Crippen molar-refractivity contribution in [2.24, 2.45) is 0 Å². The first-order chi connectivity index (χ1) is 16.5. The lowest BCUT2D eigenvalue weighted by molar-refractivity contribution is -0.395. The quantitative estimate of drug-likeness (QED) is 0.293. The molecular formula is C22H19N5O7S. The number of ether oxygens (including phenoxy) is 1. The highest BCUT2D eigenvalue weighted by Gasteiger charge is 2.28. The van der Waals surface area contributed by atoms with E-state index in [1.807, 2.05) is 29.7 Å². The number of sulfonamides is 1. The first-order valence-electron chi connectivity index (χ1n) is 10.1. The highest BCUT2D eigenvalue weighted by Crippen LogP contribution is 2.35. The molecule has 2 heterocycles. The van der Waals surface area contributed by atoms with E-state index in [9.17, 15) is 28.6 Å². The van der Waals surface area contributed by atoms with Crippen molar-refractivity contribution in [1.82, 2.24) is 9.38 Å². The molecule has 0 saturated carbocycles. The topological polar surface area (TPSA) is 159 Å². The number of pyridine rings is 1. The Labute approximate surface area is 199 Å². The molecule has 0 bridgehead atoms. The molecule has 4 aromatic rings. The van der Waals surface area contributed by atoms with Gasteiger partial charge in [-0.3, -0.25) is 25.0 Å². The van der Waals surface area contributed by atoms with Crippen molar-refractivity contribution in [3.05, 3.63) is 86.2 Å². The van der Waals surface area contributed by atoms with Gasteiger partial charge in [-0.05, 0) is 43.7 Å². The zero-order chi connectivity index (χ0) is 25.5. The van der Waals surface area contributed by atoms with Crippen LogP contribution in [0, 0.1) is 34.1 Å². The standard InChI is InChI=1S/C22H19N5O7S/c1-13-5-4-8-25-12-18(23-22(13)25)15-6-7-21(34-3)17(9-15)24-35(32,33)16-10-19(26(28)29)14(2)20(11-16)27(30)31/h4-12,24H,1-3H3. The van der Waals surface area contributed by atoms with Gasteiger partial charge >= 0.3 is 0 Å². The van der Waals surface area contributed by atoms with Gasteiger partial charge in [0.15, 0.2) is 0 Å². The lowest BCUT2D eigenvalue weighted by Gasteiger charge is -2.13. The van der Waals surface area contributed by atoms with E-state index in [0.717, 1.165) is 23.3 Å². The number of aryl methyl sites for hydroxylation is 1. The molecule has 0 aliphatic heterocycles. The minimum atomic E-state index is -4.47. The fourth-order valence-corrected chi connectivity index (χ4v) is 4.74. The van der Waals surface area contributed by atoms with Crippen LogP contribution < -0.4 is 9.46 Å². The number of imidazole rings is 1. The zero-order valence-corrected chi connectivity index (χ0v) is 19.6. The average Bonchev–Trinajstić information content (AvgIpc) is 3.24. The Morgan fingerprint density at radius 2 is 1.69 bits per heavy atom. The van der Waals surface area contributed by atoms with E-state index in [1.54, 1.807) is 18.3 Å². The molecule has 0 fully saturated rings. The molecular weight excluding hydrogens is 478 g/mol. The number of benzene rings is 2. The largest absolute Gasteiger partial charge is 0.495 e. The van der Waals surface area contributed by atoms with Crippen LogP contribution in [-0.2, 0) is 10.0 Å². The second-order valence-corrected chi connectivity index (χ2v) is 9.35. The number of aromatic nitrogens is 2. The lowest BCUT2D eigenvalue weighted by Crippen LogP contribution is -2.15. The Hall–Kier alpha value is -4.52. The van der Waals surface area contributed by atoms with Gasteiger partial charge in [0.25, 0.3) is 21.4 Å². The highest BCUT2D eigenvalue weighted by molar-refractivity contribution is 7.92. The number of rotatable bonds is 7. The Morgan fingerprint density at radius 3 is 2.26 bits per heavy atom. The summed E-state index contributed by atoms with van der Waals surface area (Å²) < 4.78 is 35.7. The Morgan fingerprint density at radius 1 is 1.03 bits per heavy atom. The van der Waals surface area contributed by atoms with E-state index >= 15 is 0 Å². The predicted octanol–water partition coefficient (Wildman–Crippen LogP) is 4.24. The van der Waals surface area contributed by atoms with Gasteiger partial charge in [0.1, 0.15) is 21.9 Å². The highest BCUT2D eigenvalue weighted by atomic mass is 32.2. The van der Waals surface area contributed by atoms with Gasteiger partial charge in [-0.15, -0.1) is 0 Å². The Bertz CT molecular complexity index is 1580. The number of methoxy groups -OCH3 is 1. The second kappa shape index (κ2) is 8.68. The van der Waals surface area contributed by atoms with Crippen LogP contribution in [0.3, 0.4) is 0 Å². The van der Waals surface area contributed by atoms with Crippen LogP contribution in [0.4, 0.5) is 17.1 Å². The fraction of sp³-hybridized carbons (Fsp3) is 0.136. The molecule has 0 aliphatic rings. The lowest BCUT2D eigenvalue weighted by atomic mass is 10.1. The van der Waals surface area contributed by atoms with Crippen molar-refractivity contribution in [3.63, 3.8) is 0 Å². The van der Waals surface area contributed by atoms with Crippen LogP contribution in [0.1, 0.15) is 11.1 Å². The van der Waals surface area contributed by atoms with E-state index in [-0.39, 0.29) is 17.0 Å². The van der Waals surface area contributed by atoms with Crippen molar-refractivity contribution in [3.8, 4) is 17.0 Å². The maximum absolute atomic E-state index is 13.1. The number of nitro groups is 2. The first kappa shape index (κ1) is 23.6. The molecule has 180 valence electrons. The summed E-state index contributed by atoms with van der Waals surface area (Å²) in [6, 6.07) is 10.1. The van der Waals surface area contributed by atoms with Crippen LogP contribution >= 0.6 is 0 Å². The number of nitro benzene ring substituents is 2. The average molecular weight is 497 g/mol. The minimum absolute atomic E-state index is 0.0321. The number of nitrogens with zero attached hydrogens (tertiary/aromatic N) is 4. The summed E-state index contributed by atoms with van der Waals surface area (Å²) in [5, 5.41) is 22.7. The third-order valence-corrected chi connectivity index (χ3v) is 6.79. The third-order valence-electron chi connectivity index (χ3n) is 5.45. The predicted molar refractivity (Wildman–Crippen MR) is 127 cm³/mol. The van der Waals surface area contributed by atoms with Crippen LogP contribution in [0.5, 0.6) is 5.75 Å². The van der Waals surface area contributed by atoms with Crippen molar-refractivity contribution < 1.29 is 23.0 Å². The fourth-order valence-electron chi connectivity index (χ4n) is 3.64. The maximum atomic E-state index is 13.1. The second-order valence-electron chi connectivity index (χ2n) is 7.67. The molecule has 0 amide bonds. The smallest absolute Gasteiger partial charge is 0.280 e. The van der Waals surface area contributed by atoms with Crippen molar-refractivity contribution in [2.75, 3.05) is 11.8 Å². The first-order valence-corrected chi connectivity index (χ1v) is 11.6. The summed E-state index contributed by atoms with van der Waals surface area (Å²) in [5.74, 6) is 0.174. The van der Waals surface area contributed by atoms with Crippen LogP contribution in [-0.4, -0.2) is 34.8 Å². The van der Waals surface area contributed by atoms with E-state index in [4.69, 9.17) is 4.74 Å². The number of nitrogens with one attached hydrogen (secondary N) is 1. The molecule has 0 atom stereocenters. The van der Waals surface area contributed by atoms with E-state index < -0.39 is 36.1 Å². The SMILES string of the molecule is COc1ccc(-c2cn3cccc(C)c3n2)cc1NS(=O)(=O)c1cc([N+](=O)[O-])c(C)c([N+](=O)[O-])c1. The summed E-state index contributed by atoms with van der Waals surface area (Å²) in [6.07, 6.45) is 3.62. The van der Waals surface area contributed by atoms with Gasteiger partial charge in [0, 0.05) is 30.1 Å². The van der Waals surface area contributed by atoms with Crippen molar-refractivity contribution in [1.29, 1.82) is 0 Å². The summed E-state index contributed by atoms with van der Waals surface area (Å²) in [5.41, 5.74) is 1.26. The third kappa shape index (κ3) is 4.36. The molecule has 2 aromatic heterocycles. The molecule has 2 aromatic carbocycles. The molecule has 13 heteroatoms. The minimum Gasteiger partial charge on any atom is -0.495 e. The van der Waals surface area contributed by atoms with Crippen molar-refractivity contribution >= 4 is 32.7 Å². The molecule has 12 nitrogen and oxygen atoms in total. The van der Waals surface area contributed by atoms with Gasteiger partial charge in [0.2, 0.25) is 0 Å². The molecule has 0 spiro atoms. The molecule has 1 N–H and O–H groups in total. The number of anilines is 1. The summed E-state index contributed by atoms with van der Waals surface area (Å²) in [6.45, 7) is 3.10. The Kier molecular flexibility index (Phi) is 5.86. The number of hydrogen-bond acceptors (Lipinski definition) is 8. The van der Waals surface area contributed by atoms with E-state index in [0.29, 0.717) is 11.3 Å². The van der Waals surface area contributed by atoms with E-state index in [2.05, 4.69) is 9.71 Å². The summed E-state index contributed by atoms with van der Waals surface area (Å²) in [7, 11) is -3.12. The molecule has 35 heavy (non-hydrogen) atoms. The van der Waals surface area contributed by atoms with Gasteiger partial charge in [-0.2, -0.15) is 0 Å². The number of hydrogen-bond donors (Lipinski definition) is 1. The molecule has 0 radical (unpaired) electrons. The zero-order valence-electron chi connectivity index (χ0n) is 18.8. The van der Waals surface area contributed by atoms with Gasteiger partial charge in [0.05, 0.1) is 28.3 Å². The molecule has 0 saturated heterocycles. The van der Waals surface area contributed by atoms with Gasteiger partial charge in [-0.1, -0.05) is 6.07 Å². The maximum Gasteiger partial charge on any atom is 0.280 e. The molecule has 0 aliphatic carbocycles. The van der Waals surface area contributed by atoms with Crippen LogP contribution in [0.2, 0.25) is 0 Å². The van der Waals surface area contributed by atoms with Crippen LogP contribution in [0.25, 0.3) is 16.9 Å². The van der Waals surface area contributed by atoms with Gasteiger partial charge in [-0.25, -0.2) is 13.4 Å². The van der Waals surface area contributed by atoms with Gasteiger partial charge < -0.3 is 9.14 Å². The molecule has 0 unspecified atom stereocenters. The van der Waals surface area contributed by atoms with Crippen LogP contribution in [0.15, 0.2) is 59.8 Å². The van der Waals surface area contributed by atoms with Crippen molar-refractivity contribution in [2.45, 2.75) is 18.7 Å². The number of fused-ring (bicyclic) bond motifs is 1. The normalized spacial score (nSPS) is 11.4. The summed E-state index contributed by atoms with van der Waals surface area (Å²) in [4.78, 5) is 25.0. The molecule has 4 rings (SSSR count). The summed E-state index contributed by atoms with van der Waals surface area (Å²) >= 11 is 0. The Balaban J connectivity index is 1.80. The monoisotopic (exact) mass is 497 g/mol. The van der Waals surface area contributed by atoms with E-state index in [1.165, 1.54) is 20.1 Å².